The minimum atomic E-state index is -0.488. The van der Waals surface area contributed by atoms with E-state index in [-0.39, 0.29) is 11.7 Å². The number of aryl methyl sites for hydroxylation is 1. The van der Waals surface area contributed by atoms with E-state index in [9.17, 15) is 9.90 Å². The van der Waals surface area contributed by atoms with Crippen molar-refractivity contribution in [3.05, 3.63) is 23.8 Å². The van der Waals surface area contributed by atoms with Gasteiger partial charge in [0.25, 0.3) is 0 Å². The van der Waals surface area contributed by atoms with Gasteiger partial charge in [-0.25, -0.2) is 0 Å². The van der Waals surface area contributed by atoms with Crippen LogP contribution in [-0.4, -0.2) is 17.1 Å². The first-order valence-corrected chi connectivity index (χ1v) is 5.90. The SMILES string of the molecule is CCCCC(N)C(=O)Nc1ccc(C)c(O)c1. The molecule has 0 heterocycles. The molecule has 94 valence electrons. The third-order valence-corrected chi connectivity index (χ3v) is 2.68. The highest BCUT2D eigenvalue weighted by molar-refractivity contribution is 5.94. The van der Waals surface area contributed by atoms with E-state index in [4.69, 9.17) is 5.73 Å². The van der Waals surface area contributed by atoms with Gasteiger partial charge in [0, 0.05) is 11.8 Å². The van der Waals surface area contributed by atoms with Crippen LogP contribution in [0.25, 0.3) is 0 Å². The van der Waals surface area contributed by atoms with E-state index >= 15 is 0 Å². The average molecular weight is 236 g/mol. The molecule has 1 aromatic carbocycles. The van der Waals surface area contributed by atoms with Crippen LogP contribution in [0, 0.1) is 6.92 Å². The monoisotopic (exact) mass is 236 g/mol. The van der Waals surface area contributed by atoms with Crippen LogP contribution < -0.4 is 11.1 Å². The van der Waals surface area contributed by atoms with Crippen LogP contribution >= 0.6 is 0 Å². The fourth-order valence-corrected chi connectivity index (χ4v) is 1.48. The molecule has 0 aliphatic carbocycles. The molecule has 0 aliphatic heterocycles. The molecule has 0 saturated heterocycles. The van der Waals surface area contributed by atoms with E-state index in [0.717, 1.165) is 18.4 Å². The van der Waals surface area contributed by atoms with E-state index in [1.165, 1.54) is 6.07 Å². The Morgan fingerprint density at radius 3 is 2.82 bits per heavy atom. The number of nitrogens with one attached hydrogen (secondary N) is 1. The molecule has 4 nitrogen and oxygen atoms in total. The fraction of sp³-hybridized carbons (Fsp3) is 0.462. The molecule has 0 saturated carbocycles. The molecule has 0 aromatic heterocycles. The van der Waals surface area contributed by atoms with Crippen molar-refractivity contribution in [2.45, 2.75) is 39.2 Å². The van der Waals surface area contributed by atoms with Gasteiger partial charge in [-0.2, -0.15) is 0 Å². The van der Waals surface area contributed by atoms with Crippen LogP contribution in [0.1, 0.15) is 31.7 Å². The van der Waals surface area contributed by atoms with Gasteiger partial charge in [-0.15, -0.1) is 0 Å². The number of aromatic hydroxyl groups is 1. The van der Waals surface area contributed by atoms with Gasteiger partial charge in [0.05, 0.1) is 6.04 Å². The lowest BCUT2D eigenvalue weighted by Crippen LogP contribution is -2.35. The number of benzene rings is 1. The lowest BCUT2D eigenvalue weighted by atomic mass is 10.1. The summed E-state index contributed by atoms with van der Waals surface area (Å²) < 4.78 is 0. The Labute approximate surface area is 102 Å². The highest BCUT2D eigenvalue weighted by atomic mass is 16.3. The Morgan fingerprint density at radius 1 is 1.53 bits per heavy atom. The Balaban J connectivity index is 2.58. The highest BCUT2D eigenvalue weighted by Crippen LogP contribution is 2.20. The molecule has 1 rings (SSSR count). The summed E-state index contributed by atoms with van der Waals surface area (Å²) in [4.78, 5) is 11.7. The van der Waals surface area contributed by atoms with Crippen LogP contribution in [0.2, 0.25) is 0 Å². The van der Waals surface area contributed by atoms with Crippen molar-refractivity contribution in [1.82, 2.24) is 0 Å². The number of carbonyl (C=O) groups excluding carboxylic acids is 1. The number of nitrogens with two attached hydrogens (primary N) is 1. The predicted molar refractivity (Wildman–Crippen MR) is 69.0 cm³/mol. The lowest BCUT2D eigenvalue weighted by molar-refractivity contribution is -0.117. The first-order chi connectivity index (χ1) is 8.04. The van der Waals surface area contributed by atoms with Crippen LogP contribution in [0.5, 0.6) is 5.75 Å². The van der Waals surface area contributed by atoms with Crippen molar-refractivity contribution < 1.29 is 9.90 Å². The van der Waals surface area contributed by atoms with Crippen LogP contribution in [0.4, 0.5) is 5.69 Å². The summed E-state index contributed by atoms with van der Waals surface area (Å²) in [5, 5.41) is 12.2. The number of anilines is 1. The zero-order valence-electron chi connectivity index (χ0n) is 10.4. The number of amides is 1. The molecule has 0 fully saturated rings. The minimum Gasteiger partial charge on any atom is -0.508 e. The molecule has 0 spiro atoms. The van der Waals surface area contributed by atoms with Crippen molar-refractivity contribution in [3.63, 3.8) is 0 Å². The Hall–Kier alpha value is -1.55. The second kappa shape index (κ2) is 6.25. The van der Waals surface area contributed by atoms with Crippen molar-refractivity contribution in [2.24, 2.45) is 5.73 Å². The standard InChI is InChI=1S/C13H20N2O2/c1-3-4-5-11(14)13(17)15-10-7-6-9(2)12(16)8-10/h6-8,11,16H,3-5,14H2,1-2H3,(H,15,17). The largest absolute Gasteiger partial charge is 0.508 e. The summed E-state index contributed by atoms with van der Waals surface area (Å²) in [6.45, 7) is 3.86. The van der Waals surface area contributed by atoms with Crippen LogP contribution in [0.15, 0.2) is 18.2 Å². The Morgan fingerprint density at radius 2 is 2.24 bits per heavy atom. The second-order valence-corrected chi connectivity index (χ2v) is 4.24. The molecule has 1 atom stereocenters. The molecule has 17 heavy (non-hydrogen) atoms. The van der Waals surface area contributed by atoms with Gasteiger partial charge >= 0.3 is 0 Å². The molecule has 4 N–H and O–H groups in total. The first kappa shape index (κ1) is 13.5. The fourth-order valence-electron chi connectivity index (χ4n) is 1.48. The topological polar surface area (TPSA) is 75.4 Å². The average Bonchev–Trinajstić information content (AvgIpc) is 2.30. The summed E-state index contributed by atoms with van der Waals surface area (Å²) >= 11 is 0. The van der Waals surface area contributed by atoms with Crippen molar-refractivity contribution in [3.8, 4) is 5.75 Å². The minimum absolute atomic E-state index is 0.171. The lowest BCUT2D eigenvalue weighted by Gasteiger charge is -2.12. The zero-order chi connectivity index (χ0) is 12.8. The summed E-state index contributed by atoms with van der Waals surface area (Å²) in [5.74, 6) is -0.0355. The third-order valence-electron chi connectivity index (χ3n) is 2.68. The van der Waals surface area contributed by atoms with Gasteiger partial charge in [-0.3, -0.25) is 4.79 Å². The van der Waals surface area contributed by atoms with Gasteiger partial charge in [-0.1, -0.05) is 25.8 Å². The van der Waals surface area contributed by atoms with Gasteiger partial charge < -0.3 is 16.2 Å². The quantitative estimate of drug-likeness (QED) is 0.733. The number of carbonyl (C=O) groups is 1. The number of phenols is 1. The van der Waals surface area contributed by atoms with Gasteiger partial charge in [0.15, 0.2) is 0 Å². The molecule has 0 bridgehead atoms. The summed E-state index contributed by atoms with van der Waals surface area (Å²) in [5.41, 5.74) is 7.09. The maximum atomic E-state index is 11.7. The van der Waals surface area contributed by atoms with E-state index in [0.29, 0.717) is 12.1 Å². The first-order valence-electron chi connectivity index (χ1n) is 5.90. The van der Waals surface area contributed by atoms with Crippen molar-refractivity contribution >= 4 is 11.6 Å². The number of phenolic OH excluding ortho intramolecular Hbond substituents is 1. The highest BCUT2D eigenvalue weighted by Gasteiger charge is 2.13. The molecular weight excluding hydrogens is 216 g/mol. The smallest absolute Gasteiger partial charge is 0.241 e. The zero-order valence-corrected chi connectivity index (χ0v) is 10.4. The molecule has 0 aliphatic rings. The number of hydrogen-bond donors (Lipinski definition) is 3. The van der Waals surface area contributed by atoms with Gasteiger partial charge in [-0.05, 0) is 25.0 Å². The van der Waals surface area contributed by atoms with E-state index in [1.54, 1.807) is 19.1 Å². The van der Waals surface area contributed by atoms with Crippen LogP contribution in [0.3, 0.4) is 0 Å². The molecule has 1 amide bonds. The molecule has 0 radical (unpaired) electrons. The van der Waals surface area contributed by atoms with Gasteiger partial charge in [0.1, 0.15) is 5.75 Å². The normalized spacial score (nSPS) is 12.2. The van der Waals surface area contributed by atoms with E-state index in [1.807, 2.05) is 0 Å². The third kappa shape index (κ3) is 4.07. The van der Waals surface area contributed by atoms with Crippen LogP contribution in [-0.2, 0) is 4.79 Å². The Bertz CT molecular complexity index is 391. The van der Waals surface area contributed by atoms with E-state index < -0.39 is 6.04 Å². The maximum Gasteiger partial charge on any atom is 0.241 e. The summed E-state index contributed by atoms with van der Waals surface area (Å²) in [6, 6.07) is 4.54. The Kier molecular flexibility index (Phi) is 4.97. The molecule has 1 aromatic rings. The van der Waals surface area contributed by atoms with Crippen molar-refractivity contribution in [1.29, 1.82) is 0 Å². The summed E-state index contributed by atoms with van der Waals surface area (Å²) in [7, 11) is 0. The van der Waals surface area contributed by atoms with Crippen molar-refractivity contribution in [2.75, 3.05) is 5.32 Å². The second-order valence-electron chi connectivity index (χ2n) is 4.24. The maximum absolute atomic E-state index is 11.7. The summed E-state index contributed by atoms with van der Waals surface area (Å²) in [6.07, 6.45) is 2.64. The molecule has 1 unspecified atom stereocenters. The molecule has 4 heteroatoms. The number of rotatable bonds is 5. The molecular formula is C13H20N2O2. The van der Waals surface area contributed by atoms with Gasteiger partial charge in [0.2, 0.25) is 5.91 Å². The predicted octanol–water partition coefficient (Wildman–Crippen LogP) is 2.16. The van der Waals surface area contributed by atoms with E-state index in [2.05, 4.69) is 12.2 Å². The number of unbranched alkanes of at least 4 members (excludes halogenated alkanes) is 1. The number of hydrogen-bond acceptors (Lipinski definition) is 3.